The second-order valence-corrected chi connectivity index (χ2v) is 7.15. The minimum Gasteiger partial charge on any atom is -0.497 e. The molecule has 1 heterocycles. The fourth-order valence-corrected chi connectivity index (χ4v) is 3.57. The average molecular weight is 367 g/mol. The normalized spacial score (nSPS) is 16.1. The van der Waals surface area contributed by atoms with Gasteiger partial charge in [-0.3, -0.25) is 9.69 Å². The Kier molecular flexibility index (Phi) is 6.01. The third kappa shape index (κ3) is 4.42. The molecule has 3 rings (SSSR count). The van der Waals surface area contributed by atoms with Crippen LogP contribution in [0.4, 0.5) is 11.4 Å². The van der Waals surface area contributed by atoms with Crippen molar-refractivity contribution in [3.63, 3.8) is 0 Å². The molecule has 0 bridgehead atoms. The summed E-state index contributed by atoms with van der Waals surface area (Å²) in [5.41, 5.74) is 4.33. The van der Waals surface area contributed by atoms with E-state index in [9.17, 15) is 4.79 Å². The summed E-state index contributed by atoms with van der Waals surface area (Å²) in [5, 5.41) is 3.12. The highest BCUT2D eigenvalue weighted by Crippen LogP contribution is 2.22. The van der Waals surface area contributed by atoms with E-state index in [4.69, 9.17) is 4.74 Å². The lowest BCUT2D eigenvalue weighted by Crippen LogP contribution is -2.52. The molecule has 0 aromatic heterocycles. The maximum atomic E-state index is 12.8. The second-order valence-electron chi connectivity index (χ2n) is 7.15. The summed E-state index contributed by atoms with van der Waals surface area (Å²) in [4.78, 5) is 17.4. The van der Waals surface area contributed by atoms with Crippen molar-refractivity contribution in [1.29, 1.82) is 0 Å². The molecule has 1 amide bonds. The van der Waals surface area contributed by atoms with Gasteiger partial charge in [-0.15, -0.1) is 0 Å². The van der Waals surface area contributed by atoms with Crippen LogP contribution in [0.1, 0.15) is 18.1 Å². The largest absolute Gasteiger partial charge is 0.497 e. The molecule has 1 saturated heterocycles. The number of piperazine rings is 1. The predicted molar refractivity (Wildman–Crippen MR) is 111 cm³/mol. The summed E-state index contributed by atoms with van der Waals surface area (Å²) in [6.07, 6.45) is 0. The van der Waals surface area contributed by atoms with Crippen molar-refractivity contribution in [3.8, 4) is 5.75 Å². The van der Waals surface area contributed by atoms with Crippen molar-refractivity contribution < 1.29 is 9.53 Å². The van der Waals surface area contributed by atoms with Gasteiger partial charge in [0.15, 0.2) is 0 Å². The van der Waals surface area contributed by atoms with Crippen LogP contribution in [-0.2, 0) is 4.79 Å². The van der Waals surface area contributed by atoms with E-state index in [1.165, 1.54) is 5.69 Å². The van der Waals surface area contributed by atoms with Crippen molar-refractivity contribution in [1.82, 2.24) is 4.90 Å². The molecule has 2 aromatic rings. The third-order valence-corrected chi connectivity index (χ3v) is 5.41. The summed E-state index contributed by atoms with van der Waals surface area (Å²) in [7, 11) is 1.68. The standard InChI is InChI=1S/C22H29N3O2/c1-16-6-5-7-17(2)21(16)23-22(26)18(3)24-12-14-25(15-13-24)19-8-10-20(27-4)11-9-19/h5-11,18H,12-15H2,1-4H3,(H,23,26)/t18-/m1/s1. The van der Waals surface area contributed by atoms with E-state index in [0.29, 0.717) is 0 Å². The van der Waals surface area contributed by atoms with Gasteiger partial charge < -0.3 is 15.0 Å². The monoisotopic (exact) mass is 367 g/mol. The Bertz CT molecular complexity index is 760. The van der Waals surface area contributed by atoms with E-state index >= 15 is 0 Å². The molecule has 1 N–H and O–H groups in total. The van der Waals surface area contributed by atoms with Crippen LogP contribution in [0.5, 0.6) is 5.75 Å². The predicted octanol–water partition coefficient (Wildman–Crippen LogP) is 3.46. The first kappa shape index (κ1) is 19.2. The van der Waals surface area contributed by atoms with Gasteiger partial charge in [-0.1, -0.05) is 18.2 Å². The summed E-state index contributed by atoms with van der Waals surface area (Å²) >= 11 is 0. The molecule has 5 heteroatoms. The lowest BCUT2D eigenvalue weighted by atomic mass is 10.1. The highest BCUT2D eigenvalue weighted by molar-refractivity contribution is 5.95. The molecule has 5 nitrogen and oxygen atoms in total. The quantitative estimate of drug-likeness (QED) is 0.879. The minimum absolute atomic E-state index is 0.0605. The second kappa shape index (κ2) is 8.44. The number of aryl methyl sites for hydroxylation is 2. The van der Waals surface area contributed by atoms with Gasteiger partial charge in [0.25, 0.3) is 0 Å². The van der Waals surface area contributed by atoms with Crippen molar-refractivity contribution in [3.05, 3.63) is 53.6 Å². The van der Waals surface area contributed by atoms with Crippen LogP contribution in [-0.4, -0.2) is 50.1 Å². The van der Waals surface area contributed by atoms with Crippen LogP contribution in [0.3, 0.4) is 0 Å². The zero-order chi connectivity index (χ0) is 19.4. The number of benzene rings is 2. The number of amides is 1. The molecule has 2 aromatic carbocycles. The Morgan fingerprint density at radius 1 is 1.00 bits per heavy atom. The van der Waals surface area contributed by atoms with Crippen molar-refractivity contribution in [2.24, 2.45) is 0 Å². The smallest absolute Gasteiger partial charge is 0.241 e. The molecule has 144 valence electrons. The van der Waals surface area contributed by atoms with E-state index in [1.54, 1.807) is 7.11 Å². The van der Waals surface area contributed by atoms with Crippen LogP contribution in [0.2, 0.25) is 0 Å². The number of nitrogens with one attached hydrogen (secondary N) is 1. The van der Waals surface area contributed by atoms with Crippen LogP contribution >= 0.6 is 0 Å². The molecule has 1 aliphatic rings. The average Bonchev–Trinajstić information content (AvgIpc) is 2.70. The molecule has 0 spiro atoms. The number of nitrogens with zero attached hydrogens (tertiary/aromatic N) is 2. The first-order valence-electron chi connectivity index (χ1n) is 9.49. The molecule has 27 heavy (non-hydrogen) atoms. The van der Waals surface area contributed by atoms with Crippen molar-refractivity contribution in [2.75, 3.05) is 43.5 Å². The van der Waals surface area contributed by atoms with Crippen LogP contribution in [0, 0.1) is 13.8 Å². The number of hydrogen-bond acceptors (Lipinski definition) is 4. The summed E-state index contributed by atoms with van der Waals surface area (Å²) in [6, 6.07) is 14.1. The summed E-state index contributed by atoms with van der Waals surface area (Å²) in [5.74, 6) is 0.930. The number of ether oxygens (including phenoxy) is 1. The zero-order valence-electron chi connectivity index (χ0n) is 16.7. The summed E-state index contributed by atoms with van der Waals surface area (Å²) < 4.78 is 5.23. The Morgan fingerprint density at radius 2 is 1.59 bits per heavy atom. The number of rotatable bonds is 5. The number of methoxy groups -OCH3 is 1. The number of para-hydroxylation sites is 1. The number of anilines is 2. The fourth-order valence-electron chi connectivity index (χ4n) is 3.57. The Hall–Kier alpha value is -2.53. The van der Waals surface area contributed by atoms with Gasteiger partial charge in [-0.25, -0.2) is 0 Å². The van der Waals surface area contributed by atoms with Crippen molar-refractivity contribution in [2.45, 2.75) is 26.8 Å². The number of hydrogen-bond donors (Lipinski definition) is 1. The van der Waals surface area contributed by atoms with Gasteiger partial charge in [0.2, 0.25) is 5.91 Å². The first-order valence-corrected chi connectivity index (χ1v) is 9.49. The molecule has 0 unspecified atom stereocenters. The van der Waals surface area contributed by atoms with Gasteiger partial charge in [0.1, 0.15) is 5.75 Å². The van der Waals surface area contributed by atoms with Crippen LogP contribution in [0.15, 0.2) is 42.5 Å². The Labute approximate surface area is 161 Å². The number of carbonyl (C=O) groups excluding carboxylic acids is 1. The van der Waals surface area contributed by atoms with Crippen molar-refractivity contribution >= 4 is 17.3 Å². The highest BCUT2D eigenvalue weighted by atomic mass is 16.5. The Morgan fingerprint density at radius 3 is 2.15 bits per heavy atom. The highest BCUT2D eigenvalue weighted by Gasteiger charge is 2.26. The molecule has 0 radical (unpaired) electrons. The van der Waals surface area contributed by atoms with E-state index in [1.807, 2.05) is 51.1 Å². The van der Waals surface area contributed by atoms with Gasteiger partial charge in [0, 0.05) is 37.6 Å². The van der Waals surface area contributed by atoms with Gasteiger partial charge in [0.05, 0.1) is 13.2 Å². The first-order chi connectivity index (χ1) is 13.0. The van der Waals surface area contributed by atoms with Gasteiger partial charge in [-0.2, -0.15) is 0 Å². The van der Waals surface area contributed by atoms with E-state index in [-0.39, 0.29) is 11.9 Å². The van der Waals surface area contributed by atoms with E-state index in [0.717, 1.165) is 48.7 Å². The Balaban J connectivity index is 1.57. The molecule has 1 atom stereocenters. The maximum Gasteiger partial charge on any atom is 0.241 e. The summed E-state index contributed by atoms with van der Waals surface area (Å²) in [6.45, 7) is 9.61. The van der Waals surface area contributed by atoms with Crippen LogP contribution in [0.25, 0.3) is 0 Å². The number of carbonyl (C=O) groups is 1. The molecule has 0 aliphatic carbocycles. The fraction of sp³-hybridized carbons (Fsp3) is 0.409. The van der Waals surface area contributed by atoms with Gasteiger partial charge in [-0.05, 0) is 56.2 Å². The third-order valence-electron chi connectivity index (χ3n) is 5.41. The minimum atomic E-state index is -0.151. The lowest BCUT2D eigenvalue weighted by molar-refractivity contribution is -0.120. The molecule has 1 fully saturated rings. The molecular weight excluding hydrogens is 338 g/mol. The topological polar surface area (TPSA) is 44.8 Å². The van der Waals surface area contributed by atoms with E-state index in [2.05, 4.69) is 27.2 Å². The van der Waals surface area contributed by atoms with E-state index < -0.39 is 0 Å². The zero-order valence-corrected chi connectivity index (χ0v) is 16.7. The maximum absolute atomic E-state index is 12.8. The molecule has 0 saturated carbocycles. The SMILES string of the molecule is COc1ccc(N2CCN([C@H](C)C(=O)Nc3c(C)cccc3C)CC2)cc1. The van der Waals surface area contributed by atoms with Crippen LogP contribution < -0.4 is 15.0 Å². The molecule has 1 aliphatic heterocycles. The lowest BCUT2D eigenvalue weighted by Gasteiger charge is -2.38. The van der Waals surface area contributed by atoms with Gasteiger partial charge >= 0.3 is 0 Å². The molecular formula is C22H29N3O2.